The van der Waals surface area contributed by atoms with Crippen LogP contribution in [0.1, 0.15) is 25.5 Å². The number of halogens is 1. The maximum Gasteiger partial charge on any atom is 0.146 e. The van der Waals surface area contributed by atoms with Gasteiger partial charge in [0.2, 0.25) is 0 Å². The van der Waals surface area contributed by atoms with E-state index < -0.39 is 6.10 Å². The minimum atomic E-state index is -0.678. The largest absolute Gasteiger partial charge is 0.389 e. The molecule has 2 atom stereocenters. The highest BCUT2D eigenvalue weighted by atomic mass is 19.1. The molecule has 0 saturated carbocycles. The molecule has 0 aromatic heterocycles. The van der Waals surface area contributed by atoms with Crippen molar-refractivity contribution in [2.75, 3.05) is 38.9 Å². The molecule has 0 aliphatic carbocycles. The zero-order valence-corrected chi connectivity index (χ0v) is 12.6. The topological polar surface area (TPSA) is 41.9 Å². The van der Waals surface area contributed by atoms with E-state index in [0.717, 1.165) is 0 Å². The third-order valence-electron chi connectivity index (χ3n) is 3.24. The highest BCUT2D eigenvalue weighted by molar-refractivity contribution is 5.50. The molecule has 1 unspecified atom stereocenters. The van der Waals surface area contributed by atoms with E-state index >= 15 is 0 Å². The molecule has 1 rings (SSSR count). The molecule has 1 aromatic rings. The van der Waals surface area contributed by atoms with E-state index in [4.69, 9.17) is 9.47 Å². The van der Waals surface area contributed by atoms with Gasteiger partial charge < -0.3 is 19.5 Å². The Labute approximate surface area is 120 Å². The van der Waals surface area contributed by atoms with Crippen molar-refractivity contribution in [2.24, 2.45) is 0 Å². The number of aliphatic hydroxyl groups is 1. The van der Waals surface area contributed by atoms with Gasteiger partial charge >= 0.3 is 0 Å². The summed E-state index contributed by atoms with van der Waals surface area (Å²) in [5.41, 5.74) is 1.06. The number of nitrogens with zero attached hydrogens (tertiary/aromatic N) is 1. The first-order valence-corrected chi connectivity index (χ1v) is 6.73. The predicted molar refractivity (Wildman–Crippen MR) is 77.6 cm³/mol. The molecule has 0 spiro atoms. The van der Waals surface area contributed by atoms with E-state index in [2.05, 4.69) is 0 Å². The normalized spacial score (nSPS) is 14.1. The van der Waals surface area contributed by atoms with Crippen molar-refractivity contribution < 1.29 is 19.0 Å². The lowest BCUT2D eigenvalue weighted by Gasteiger charge is -2.31. The highest BCUT2D eigenvalue weighted by Gasteiger charge is 2.18. The lowest BCUT2D eigenvalue weighted by Crippen LogP contribution is -2.39. The summed E-state index contributed by atoms with van der Waals surface area (Å²) >= 11 is 0. The van der Waals surface area contributed by atoms with Crippen LogP contribution in [-0.2, 0) is 9.47 Å². The van der Waals surface area contributed by atoms with Crippen molar-refractivity contribution in [2.45, 2.75) is 26.0 Å². The lowest BCUT2D eigenvalue weighted by molar-refractivity contribution is 0.170. The first-order chi connectivity index (χ1) is 9.51. The number of benzene rings is 1. The number of hydrogen-bond donors (Lipinski definition) is 1. The summed E-state index contributed by atoms with van der Waals surface area (Å²) in [4.78, 5) is 1.91. The lowest BCUT2D eigenvalue weighted by atomic mass is 10.1. The van der Waals surface area contributed by atoms with Crippen molar-refractivity contribution in [3.05, 3.63) is 29.6 Å². The Kier molecular flexibility index (Phi) is 6.91. The Morgan fingerprint density at radius 1 is 1.25 bits per heavy atom. The van der Waals surface area contributed by atoms with E-state index in [-0.39, 0.29) is 11.9 Å². The molecule has 0 saturated heterocycles. The van der Waals surface area contributed by atoms with E-state index in [9.17, 15) is 9.50 Å². The van der Waals surface area contributed by atoms with Gasteiger partial charge in [-0.1, -0.05) is 6.07 Å². The summed E-state index contributed by atoms with van der Waals surface area (Å²) in [6.07, 6.45) is -0.678. The van der Waals surface area contributed by atoms with Gasteiger partial charge in [-0.2, -0.15) is 0 Å². The van der Waals surface area contributed by atoms with E-state index in [1.807, 2.05) is 11.8 Å². The van der Waals surface area contributed by atoms with Gasteiger partial charge in [0.05, 0.1) is 25.0 Å². The summed E-state index contributed by atoms with van der Waals surface area (Å²) < 4.78 is 24.5. The van der Waals surface area contributed by atoms with E-state index in [1.165, 1.54) is 6.07 Å². The molecule has 0 heterocycles. The first-order valence-electron chi connectivity index (χ1n) is 6.73. The maximum absolute atomic E-state index is 14.3. The molecule has 0 fully saturated rings. The Balaban J connectivity index is 3.00. The van der Waals surface area contributed by atoms with Crippen LogP contribution in [-0.4, -0.2) is 45.1 Å². The predicted octanol–water partition coefficient (Wildman–Crippen LogP) is 2.37. The van der Waals surface area contributed by atoms with Crippen molar-refractivity contribution >= 4 is 5.69 Å². The average molecular weight is 285 g/mol. The molecule has 0 aliphatic heterocycles. The molecule has 114 valence electrons. The van der Waals surface area contributed by atoms with E-state index in [1.54, 1.807) is 33.3 Å². The molecule has 1 aromatic carbocycles. The van der Waals surface area contributed by atoms with Crippen molar-refractivity contribution in [3.63, 3.8) is 0 Å². The van der Waals surface area contributed by atoms with Crippen molar-refractivity contribution in [3.8, 4) is 0 Å². The van der Waals surface area contributed by atoms with Crippen LogP contribution in [0.4, 0.5) is 10.1 Å². The number of methoxy groups -OCH3 is 2. The standard InChI is InChI=1S/C15H24FNO3/c1-11(10-20-4)17(7-8-19-3)15-6-5-13(12(2)18)9-14(15)16/h5-6,9,11-12,18H,7-8,10H2,1-4H3/t11?,12-/m1/s1. The van der Waals surface area contributed by atoms with Crippen LogP contribution >= 0.6 is 0 Å². The molecule has 1 N–H and O–H groups in total. The molecule has 0 bridgehead atoms. The number of aliphatic hydroxyl groups excluding tert-OH is 1. The Bertz CT molecular complexity index is 412. The zero-order valence-electron chi connectivity index (χ0n) is 12.6. The van der Waals surface area contributed by atoms with Crippen LogP contribution in [0.3, 0.4) is 0 Å². The molecule has 5 heteroatoms. The minimum absolute atomic E-state index is 0.0297. The van der Waals surface area contributed by atoms with Gasteiger partial charge in [-0.15, -0.1) is 0 Å². The Morgan fingerprint density at radius 3 is 2.45 bits per heavy atom. The van der Waals surface area contributed by atoms with Gasteiger partial charge in [0.25, 0.3) is 0 Å². The smallest absolute Gasteiger partial charge is 0.146 e. The van der Waals surface area contributed by atoms with Crippen LogP contribution < -0.4 is 4.90 Å². The summed E-state index contributed by atoms with van der Waals surface area (Å²) in [6.45, 7) is 5.17. The average Bonchev–Trinajstić information content (AvgIpc) is 2.40. The molecule has 0 aliphatic rings. The summed E-state index contributed by atoms with van der Waals surface area (Å²) in [6, 6.07) is 4.84. The van der Waals surface area contributed by atoms with Gasteiger partial charge in [0.1, 0.15) is 5.82 Å². The molecular weight excluding hydrogens is 261 g/mol. The SMILES string of the molecule is COCCN(c1ccc([C@@H](C)O)cc1F)C(C)COC. The first kappa shape index (κ1) is 16.9. The fourth-order valence-electron chi connectivity index (χ4n) is 2.12. The quantitative estimate of drug-likeness (QED) is 0.796. The molecule has 0 amide bonds. The summed E-state index contributed by atoms with van der Waals surface area (Å²) in [5, 5.41) is 9.49. The monoisotopic (exact) mass is 285 g/mol. The second-order valence-electron chi connectivity index (χ2n) is 4.88. The van der Waals surface area contributed by atoms with Gasteiger partial charge in [0.15, 0.2) is 0 Å². The Morgan fingerprint density at radius 2 is 1.95 bits per heavy atom. The second-order valence-corrected chi connectivity index (χ2v) is 4.88. The van der Waals surface area contributed by atoms with Crippen LogP contribution in [0.25, 0.3) is 0 Å². The van der Waals surface area contributed by atoms with Crippen LogP contribution in [0.2, 0.25) is 0 Å². The van der Waals surface area contributed by atoms with Gasteiger partial charge in [-0.3, -0.25) is 0 Å². The summed E-state index contributed by atoms with van der Waals surface area (Å²) in [5.74, 6) is -0.345. The minimum Gasteiger partial charge on any atom is -0.389 e. The molecule has 0 radical (unpaired) electrons. The van der Waals surface area contributed by atoms with Crippen LogP contribution in [0.15, 0.2) is 18.2 Å². The number of hydrogen-bond acceptors (Lipinski definition) is 4. The summed E-state index contributed by atoms with van der Waals surface area (Å²) in [7, 11) is 3.24. The van der Waals surface area contributed by atoms with E-state index in [0.29, 0.717) is 31.0 Å². The van der Waals surface area contributed by atoms with Crippen LogP contribution in [0.5, 0.6) is 0 Å². The highest BCUT2D eigenvalue weighted by Crippen LogP contribution is 2.25. The van der Waals surface area contributed by atoms with Gasteiger partial charge in [-0.25, -0.2) is 4.39 Å². The fourth-order valence-corrected chi connectivity index (χ4v) is 2.12. The second kappa shape index (κ2) is 8.19. The fraction of sp³-hybridized carbons (Fsp3) is 0.600. The third kappa shape index (κ3) is 4.44. The van der Waals surface area contributed by atoms with Crippen LogP contribution in [0, 0.1) is 5.82 Å². The van der Waals surface area contributed by atoms with Gasteiger partial charge in [-0.05, 0) is 31.5 Å². The van der Waals surface area contributed by atoms with Crippen molar-refractivity contribution in [1.82, 2.24) is 0 Å². The Hall–Kier alpha value is -1.17. The number of anilines is 1. The third-order valence-corrected chi connectivity index (χ3v) is 3.24. The number of rotatable bonds is 8. The van der Waals surface area contributed by atoms with Gasteiger partial charge in [0, 0.05) is 26.8 Å². The maximum atomic E-state index is 14.3. The van der Waals surface area contributed by atoms with Crippen molar-refractivity contribution in [1.29, 1.82) is 0 Å². The molecule has 4 nitrogen and oxygen atoms in total. The molecular formula is C15H24FNO3. The zero-order chi connectivity index (χ0) is 15.1. The molecule has 20 heavy (non-hydrogen) atoms. The number of ether oxygens (including phenoxy) is 2.